The number of nitro benzene ring substituents is 1. The lowest BCUT2D eigenvalue weighted by molar-refractivity contribution is -0.384. The van der Waals surface area contributed by atoms with Crippen molar-refractivity contribution in [2.75, 3.05) is 11.9 Å². The van der Waals surface area contributed by atoms with E-state index in [9.17, 15) is 20.2 Å². The van der Waals surface area contributed by atoms with Crippen molar-refractivity contribution >= 4 is 44.9 Å². The van der Waals surface area contributed by atoms with Gasteiger partial charge in [0.25, 0.3) is 11.6 Å². The molecule has 0 heterocycles. The standard InChI is InChI=1S/C24H18BrN3O4/c1-16-4-2-3-5-22(16)27-24(29)15-32-23-11-8-20(25)13-18(23)12-19(14-26)17-6-9-21(10-7-17)28(30)31/h2-13H,15H2,1H3,(H,27,29)/b19-12+. The average Bonchev–Trinajstić information content (AvgIpc) is 2.78. The van der Waals surface area contributed by atoms with E-state index in [1.807, 2.05) is 31.2 Å². The number of carbonyl (C=O) groups is 1. The van der Waals surface area contributed by atoms with Gasteiger partial charge in [-0.05, 0) is 60.5 Å². The number of allylic oxidation sites excluding steroid dienone is 1. The summed E-state index contributed by atoms with van der Waals surface area (Å²) in [6.45, 7) is 1.69. The summed E-state index contributed by atoms with van der Waals surface area (Å²) in [5.74, 6) is 0.107. The first-order valence-corrected chi connectivity index (χ1v) is 10.3. The largest absolute Gasteiger partial charge is 0.483 e. The maximum Gasteiger partial charge on any atom is 0.269 e. The highest BCUT2D eigenvalue weighted by atomic mass is 79.9. The lowest BCUT2D eigenvalue weighted by Crippen LogP contribution is -2.20. The molecule has 32 heavy (non-hydrogen) atoms. The fourth-order valence-electron chi connectivity index (χ4n) is 2.90. The van der Waals surface area contributed by atoms with Crippen LogP contribution < -0.4 is 10.1 Å². The van der Waals surface area contributed by atoms with Crippen LogP contribution in [0.5, 0.6) is 5.75 Å². The Hall–Kier alpha value is -3.96. The highest BCUT2D eigenvalue weighted by Crippen LogP contribution is 2.28. The fourth-order valence-corrected chi connectivity index (χ4v) is 3.28. The number of nitro groups is 1. The second-order valence-electron chi connectivity index (χ2n) is 6.81. The van der Waals surface area contributed by atoms with Crippen molar-refractivity contribution in [2.24, 2.45) is 0 Å². The Balaban J connectivity index is 1.80. The third-order valence-corrected chi connectivity index (χ3v) is 5.05. The van der Waals surface area contributed by atoms with Crippen LogP contribution in [-0.4, -0.2) is 17.4 Å². The maximum atomic E-state index is 12.3. The van der Waals surface area contributed by atoms with Crippen molar-refractivity contribution in [1.29, 1.82) is 5.26 Å². The Bertz CT molecular complexity index is 1230. The summed E-state index contributed by atoms with van der Waals surface area (Å²) in [6.07, 6.45) is 1.61. The summed E-state index contributed by atoms with van der Waals surface area (Å²) >= 11 is 3.40. The van der Waals surface area contributed by atoms with Crippen molar-refractivity contribution < 1.29 is 14.5 Å². The van der Waals surface area contributed by atoms with E-state index in [4.69, 9.17) is 4.74 Å². The van der Waals surface area contributed by atoms with Crippen LogP contribution in [0.15, 0.2) is 71.2 Å². The highest BCUT2D eigenvalue weighted by molar-refractivity contribution is 9.10. The quantitative estimate of drug-likeness (QED) is 0.196. The number of halogens is 1. The molecule has 0 unspecified atom stereocenters. The number of rotatable bonds is 7. The molecule has 1 N–H and O–H groups in total. The van der Waals surface area contributed by atoms with Crippen molar-refractivity contribution in [3.63, 3.8) is 0 Å². The molecule has 3 aromatic carbocycles. The second kappa shape index (κ2) is 10.4. The van der Waals surface area contributed by atoms with Crippen LogP contribution in [0.1, 0.15) is 16.7 Å². The van der Waals surface area contributed by atoms with Gasteiger partial charge >= 0.3 is 0 Å². The Morgan fingerprint density at radius 2 is 1.91 bits per heavy atom. The van der Waals surface area contributed by atoms with Gasteiger partial charge in [-0.1, -0.05) is 34.1 Å². The number of hydrogen-bond donors (Lipinski definition) is 1. The second-order valence-corrected chi connectivity index (χ2v) is 7.72. The van der Waals surface area contributed by atoms with E-state index in [-0.39, 0.29) is 18.2 Å². The molecule has 160 valence electrons. The molecule has 0 spiro atoms. The normalized spacial score (nSPS) is 10.8. The number of nitrogens with one attached hydrogen (secondary N) is 1. The zero-order valence-electron chi connectivity index (χ0n) is 17.0. The van der Waals surface area contributed by atoms with Crippen LogP contribution in [0.3, 0.4) is 0 Å². The van der Waals surface area contributed by atoms with E-state index in [1.165, 1.54) is 24.3 Å². The molecule has 0 atom stereocenters. The summed E-state index contributed by atoms with van der Waals surface area (Å²) in [5, 5.41) is 23.3. The molecule has 3 aromatic rings. The third-order valence-electron chi connectivity index (χ3n) is 4.56. The number of aryl methyl sites for hydroxylation is 1. The van der Waals surface area contributed by atoms with E-state index in [0.29, 0.717) is 28.1 Å². The number of non-ortho nitro benzene ring substituents is 1. The molecule has 0 aliphatic carbocycles. The third kappa shape index (κ3) is 5.80. The molecule has 0 saturated carbocycles. The minimum atomic E-state index is -0.498. The smallest absolute Gasteiger partial charge is 0.269 e. The van der Waals surface area contributed by atoms with E-state index in [1.54, 1.807) is 24.3 Å². The number of ether oxygens (including phenoxy) is 1. The van der Waals surface area contributed by atoms with E-state index in [2.05, 4.69) is 27.3 Å². The fraction of sp³-hybridized carbons (Fsp3) is 0.0833. The van der Waals surface area contributed by atoms with Crippen LogP contribution >= 0.6 is 15.9 Å². The summed E-state index contributed by atoms with van der Waals surface area (Å²) in [5.41, 5.74) is 3.00. The SMILES string of the molecule is Cc1ccccc1NC(=O)COc1ccc(Br)cc1/C=C(\C#N)c1ccc([N+](=O)[O-])cc1. The summed E-state index contributed by atoms with van der Waals surface area (Å²) in [7, 11) is 0. The van der Waals surface area contributed by atoms with Gasteiger partial charge in [-0.3, -0.25) is 14.9 Å². The zero-order chi connectivity index (χ0) is 23.1. The molecule has 3 rings (SSSR count). The van der Waals surface area contributed by atoms with Crippen molar-refractivity contribution in [3.05, 3.63) is 98.0 Å². The monoisotopic (exact) mass is 491 g/mol. The van der Waals surface area contributed by atoms with E-state index < -0.39 is 4.92 Å². The Kier molecular flexibility index (Phi) is 7.37. The van der Waals surface area contributed by atoms with Gasteiger partial charge in [0.2, 0.25) is 0 Å². The summed E-state index contributed by atoms with van der Waals surface area (Å²) in [4.78, 5) is 22.7. The van der Waals surface area contributed by atoms with Crippen LogP contribution in [0.4, 0.5) is 11.4 Å². The average molecular weight is 492 g/mol. The topological polar surface area (TPSA) is 105 Å². The zero-order valence-corrected chi connectivity index (χ0v) is 18.6. The highest BCUT2D eigenvalue weighted by Gasteiger charge is 2.11. The molecule has 1 amide bonds. The summed E-state index contributed by atoms with van der Waals surface area (Å²) in [6, 6.07) is 20.5. The van der Waals surface area contributed by atoms with Crippen molar-refractivity contribution in [3.8, 4) is 11.8 Å². The van der Waals surface area contributed by atoms with E-state index in [0.717, 1.165) is 10.0 Å². The molecule has 7 nitrogen and oxygen atoms in total. The van der Waals surface area contributed by atoms with Crippen LogP contribution in [0.2, 0.25) is 0 Å². The lowest BCUT2D eigenvalue weighted by Gasteiger charge is -2.12. The van der Waals surface area contributed by atoms with Gasteiger partial charge in [-0.2, -0.15) is 5.26 Å². The van der Waals surface area contributed by atoms with Gasteiger partial charge in [-0.25, -0.2) is 0 Å². The first kappa shape index (κ1) is 22.7. The number of amides is 1. The predicted octanol–water partition coefficient (Wildman–Crippen LogP) is 5.75. The molecule has 0 saturated heterocycles. The minimum Gasteiger partial charge on any atom is -0.483 e. The number of benzene rings is 3. The Labute approximate surface area is 193 Å². The Morgan fingerprint density at radius 1 is 1.19 bits per heavy atom. The first-order valence-electron chi connectivity index (χ1n) is 9.52. The van der Waals surface area contributed by atoms with E-state index >= 15 is 0 Å². The Morgan fingerprint density at radius 3 is 2.56 bits per heavy atom. The molecule has 8 heteroatoms. The molecular weight excluding hydrogens is 474 g/mol. The van der Waals surface area contributed by atoms with Gasteiger partial charge in [0.05, 0.1) is 16.6 Å². The number of hydrogen-bond acceptors (Lipinski definition) is 5. The first-order chi connectivity index (χ1) is 15.4. The van der Waals surface area contributed by atoms with Gasteiger partial charge < -0.3 is 10.1 Å². The van der Waals surface area contributed by atoms with Gasteiger partial charge in [-0.15, -0.1) is 0 Å². The van der Waals surface area contributed by atoms with Gasteiger partial charge in [0.1, 0.15) is 5.75 Å². The number of carbonyl (C=O) groups excluding carboxylic acids is 1. The van der Waals surface area contributed by atoms with Gasteiger partial charge in [0, 0.05) is 27.9 Å². The van der Waals surface area contributed by atoms with Crippen molar-refractivity contribution in [1.82, 2.24) is 0 Å². The maximum absolute atomic E-state index is 12.3. The molecule has 0 radical (unpaired) electrons. The molecule has 0 aliphatic rings. The molecule has 0 bridgehead atoms. The number of nitrogens with zero attached hydrogens (tertiary/aromatic N) is 2. The van der Waals surface area contributed by atoms with Gasteiger partial charge in [0.15, 0.2) is 6.61 Å². The van der Waals surface area contributed by atoms with Crippen LogP contribution in [0, 0.1) is 28.4 Å². The van der Waals surface area contributed by atoms with Crippen molar-refractivity contribution in [2.45, 2.75) is 6.92 Å². The predicted molar refractivity (Wildman–Crippen MR) is 126 cm³/mol. The summed E-state index contributed by atoms with van der Waals surface area (Å²) < 4.78 is 6.49. The number of anilines is 1. The number of nitriles is 1. The van der Waals surface area contributed by atoms with Crippen LogP contribution in [-0.2, 0) is 4.79 Å². The molecule has 0 aromatic heterocycles. The molecule has 0 aliphatic heterocycles. The number of para-hydroxylation sites is 1. The minimum absolute atomic E-state index is 0.0582. The molecule has 0 fully saturated rings. The lowest BCUT2D eigenvalue weighted by atomic mass is 10.0. The van der Waals surface area contributed by atoms with Crippen LogP contribution in [0.25, 0.3) is 11.6 Å². The molecular formula is C24H18BrN3O4.